The molecule has 0 aliphatic carbocycles. The van der Waals surface area contributed by atoms with Crippen molar-refractivity contribution in [1.29, 1.82) is 0 Å². The van der Waals surface area contributed by atoms with E-state index in [9.17, 15) is 0 Å². The Morgan fingerprint density at radius 1 is 1.20 bits per heavy atom. The fraction of sp³-hybridized carbons (Fsp3) is 1.00. The fourth-order valence-electron chi connectivity index (χ4n) is 0.540. The van der Waals surface area contributed by atoms with Gasteiger partial charge in [0, 0.05) is 0 Å². The molecule has 0 heterocycles. The first-order valence-corrected chi connectivity index (χ1v) is 13.8. The van der Waals surface area contributed by atoms with E-state index in [1.165, 1.54) is 6.42 Å². The third kappa shape index (κ3) is 9.71. The summed E-state index contributed by atoms with van der Waals surface area (Å²) in [6.45, 7) is 2.74. The SMILES string of the molecule is CCCCC[O][Zr]([Cl])([Cl])[Cl]. The molecule has 0 unspecified atom stereocenters. The van der Waals surface area contributed by atoms with Crippen molar-refractivity contribution in [2.24, 2.45) is 0 Å². The molecule has 5 heteroatoms. The van der Waals surface area contributed by atoms with Gasteiger partial charge < -0.3 is 0 Å². The molecule has 0 aromatic heterocycles. The molecule has 0 saturated carbocycles. The van der Waals surface area contributed by atoms with Gasteiger partial charge in [0.25, 0.3) is 0 Å². The molecule has 0 aliphatic heterocycles. The normalized spacial score (nSPS) is 12.0. The van der Waals surface area contributed by atoms with Crippen LogP contribution in [0.5, 0.6) is 0 Å². The van der Waals surface area contributed by atoms with Gasteiger partial charge in [-0.25, -0.2) is 0 Å². The second-order valence-electron chi connectivity index (χ2n) is 2.00. The van der Waals surface area contributed by atoms with Gasteiger partial charge in [0.1, 0.15) is 0 Å². The van der Waals surface area contributed by atoms with Crippen LogP contribution < -0.4 is 0 Å². The molecule has 0 rings (SSSR count). The van der Waals surface area contributed by atoms with E-state index in [1.54, 1.807) is 0 Å². The monoisotopic (exact) mass is 282 g/mol. The Morgan fingerprint density at radius 2 is 1.80 bits per heavy atom. The average Bonchev–Trinajstić information content (AvgIpc) is 1.78. The van der Waals surface area contributed by atoms with Crippen LogP contribution in [0.2, 0.25) is 0 Å². The number of hydrogen-bond acceptors (Lipinski definition) is 1. The van der Waals surface area contributed by atoms with Crippen molar-refractivity contribution in [2.45, 2.75) is 26.2 Å². The van der Waals surface area contributed by atoms with Gasteiger partial charge in [-0.2, -0.15) is 0 Å². The second-order valence-corrected chi connectivity index (χ2v) is 17.8. The van der Waals surface area contributed by atoms with Crippen LogP contribution in [0, 0.1) is 0 Å². The first kappa shape index (κ1) is 11.7. The Bertz CT molecular complexity index is 83.5. The first-order valence-electron chi connectivity index (χ1n) is 3.27. The minimum absolute atomic E-state index is 0.612. The van der Waals surface area contributed by atoms with Crippen LogP contribution in [0.25, 0.3) is 0 Å². The zero-order valence-electron chi connectivity index (χ0n) is 5.87. The third-order valence-electron chi connectivity index (χ3n) is 1.01. The Labute approximate surface area is 77.6 Å². The van der Waals surface area contributed by atoms with Crippen molar-refractivity contribution in [3.05, 3.63) is 0 Å². The summed E-state index contributed by atoms with van der Waals surface area (Å²) < 4.78 is 5.04. The molecular formula is C5H11Cl3OZr. The zero-order chi connectivity index (χ0) is 8.04. The topological polar surface area (TPSA) is 9.23 Å². The van der Waals surface area contributed by atoms with Gasteiger partial charge in [-0.1, -0.05) is 0 Å². The van der Waals surface area contributed by atoms with Crippen molar-refractivity contribution in [1.82, 2.24) is 0 Å². The number of halogens is 3. The molecule has 0 bridgehead atoms. The van der Waals surface area contributed by atoms with Crippen LogP contribution in [-0.4, -0.2) is 6.61 Å². The quantitative estimate of drug-likeness (QED) is 0.699. The van der Waals surface area contributed by atoms with Gasteiger partial charge in [0.05, 0.1) is 0 Å². The summed E-state index contributed by atoms with van der Waals surface area (Å²) in [5, 5.41) is 0. The van der Waals surface area contributed by atoms with Crippen LogP contribution in [0.1, 0.15) is 26.2 Å². The molecule has 0 atom stereocenters. The van der Waals surface area contributed by atoms with Gasteiger partial charge in [-0.05, 0) is 0 Å². The molecular weight excluding hydrogens is 274 g/mol. The van der Waals surface area contributed by atoms with E-state index in [-0.39, 0.29) is 0 Å². The van der Waals surface area contributed by atoms with Gasteiger partial charge in [-0.15, -0.1) is 0 Å². The van der Waals surface area contributed by atoms with Gasteiger partial charge in [-0.3, -0.25) is 0 Å². The molecule has 0 radical (unpaired) electrons. The summed E-state index contributed by atoms with van der Waals surface area (Å²) in [4.78, 5) is 0. The maximum absolute atomic E-state index is 5.53. The van der Waals surface area contributed by atoms with Crippen molar-refractivity contribution in [3.63, 3.8) is 0 Å². The minimum atomic E-state index is -3.43. The van der Waals surface area contributed by atoms with Crippen LogP contribution in [-0.2, 0) is 19.9 Å². The molecule has 0 fully saturated rings. The summed E-state index contributed by atoms with van der Waals surface area (Å²) in [6.07, 6.45) is 3.31. The molecule has 0 aromatic carbocycles. The Kier molecular flexibility index (Phi) is 7.32. The van der Waals surface area contributed by atoms with E-state index < -0.39 is 17.1 Å². The Morgan fingerprint density at radius 3 is 2.20 bits per heavy atom. The van der Waals surface area contributed by atoms with Crippen LogP contribution in [0.3, 0.4) is 0 Å². The predicted molar refractivity (Wildman–Crippen MR) is 43.0 cm³/mol. The van der Waals surface area contributed by atoms with Gasteiger partial charge in [0.15, 0.2) is 0 Å². The molecule has 0 aromatic rings. The Hall–Kier alpha value is 1.71. The van der Waals surface area contributed by atoms with E-state index in [0.717, 1.165) is 12.8 Å². The van der Waals surface area contributed by atoms with E-state index in [2.05, 4.69) is 6.92 Å². The number of rotatable bonds is 5. The summed E-state index contributed by atoms with van der Waals surface area (Å²) in [5.41, 5.74) is 0. The maximum atomic E-state index is 5.53. The zero-order valence-corrected chi connectivity index (χ0v) is 10.6. The molecule has 0 spiro atoms. The van der Waals surface area contributed by atoms with Crippen LogP contribution >= 0.6 is 25.5 Å². The summed E-state index contributed by atoms with van der Waals surface area (Å²) in [6, 6.07) is 0. The molecule has 0 saturated heterocycles. The first-order chi connectivity index (χ1) is 4.56. The molecule has 62 valence electrons. The number of hydrogen-bond donors (Lipinski definition) is 0. The van der Waals surface area contributed by atoms with E-state index in [1.807, 2.05) is 0 Å². The molecule has 0 aliphatic rings. The van der Waals surface area contributed by atoms with Crippen molar-refractivity contribution < 1.29 is 19.9 Å². The second kappa shape index (κ2) is 6.25. The van der Waals surface area contributed by atoms with Gasteiger partial charge >= 0.3 is 78.3 Å². The molecule has 10 heavy (non-hydrogen) atoms. The van der Waals surface area contributed by atoms with Crippen LogP contribution in [0.15, 0.2) is 0 Å². The van der Waals surface area contributed by atoms with Crippen LogP contribution in [0.4, 0.5) is 0 Å². The van der Waals surface area contributed by atoms with E-state index in [0.29, 0.717) is 6.61 Å². The van der Waals surface area contributed by atoms with Gasteiger partial charge in [0.2, 0.25) is 0 Å². The Balaban J connectivity index is 3.04. The van der Waals surface area contributed by atoms with Crippen molar-refractivity contribution in [3.8, 4) is 0 Å². The van der Waals surface area contributed by atoms with E-state index in [4.69, 9.17) is 28.4 Å². The number of unbranched alkanes of at least 4 members (excludes halogenated alkanes) is 2. The molecule has 0 amide bonds. The standard InChI is InChI=1S/C5H11O.3ClH.Zr/c1-2-3-4-5-6;;;;/h2-5H2,1H3;3*1H;/q-1;;;;+4/p-3. The molecule has 1 nitrogen and oxygen atoms in total. The third-order valence-corrected chi connectivity index (χ3v) is 4.26. The summed E-state index contributed by atoms with van der Waals surface area (Å²) in [7, 11) is 16.6. The predicted octanol–water partition coefficient (Wildman–Crippen LogP) is 3.72. The van der Waals surface area contributed by atoms with E-state index >= 15 is 0 Å². The molecule has 0 N–H and O–H groups in total. The fourth-order valence-corrected chi connectivity index (χ4v) is 2.83. The van der Waals surface area contributed by atoms with Crippen molar-refractivity contribution in [2.75, 3.05) is 6.61 Å². The summed E-state index contributed by atoms with van der Waals surface area (Å²) >= 11 is -3.43. The summed E-state index contributed by atoms with van der Waals surface area (Å²) in [5.74, 6) is 0. The van der Waals surface area contributed by atoms with Crippen molar-refractivity contribution >= 4 is 25.5 Å². The average molecular weight is 285 g/mol.